The van der Waals surface area contributed by atoms with Crippen LogP contribution < -0.4 is 0 Å². The van der Waals surface area contributed by atoms with Gasteiger partial charge >= 0.3 is 7.12 Å². The maximum Gasteiger partial charge on any atom is 0.456 e. The van der Waals surface area contributed by atoms with Gasteiger partial charge in [-0.2, -0.15) is 5.26 Å². The van der Waals surface area contributed by atoms with Gasteiger partial charge in [0, 0.05) is 19.6 Å². The molecule has 12 heavy (non-hydrogen) atoms. The Labute approximate surface area is 73.8 Å². The molecule has 0 spiro atoms. The number of hydrogen-bond acceptors (Lipinski definition) is 3. The Morgan fingerprint density at radius 1 is 1.25 bits per heavy atom. The van der Waals surface area contributed by atoms with E-state index in [0.717, 1.165) is 38.8 Å². The highest BCUT2D eigenvalue weighted by Gasteiger charge is 2.20. The third kappa shape index (κ3) is 3.75. The molecule has 0 bridgehead atoms. The van der Waals surface area contributed by atoms with Gasteiger partial charge in [-0.1, -0.05) is 6.42 Å². The summed E-state index contributed by atoms with van der Waals surface area (Å²) < 4.78 is 10.7. The van der Waals surface area contributed by atoms with Crippen molar-refractivity contribution in [3.63, 3.8) is 0 Å². The highest BCUT2D eigenvalue weighted by atomic mass is 16.6. The van der Waals surface area contributed by atoms with Crippen LogP contribution in [0.25, 0.3) is 0 Å². The molecule has 0 amide bonds. The molecule has 0 unspecified atom stereocenters. The van der Waals surface area contributed by atoms with Gasteiger partial charge in [0.25, 0.3) is 0 Å². The minimum absolute atomic E-state index is 0.00237. The summed E-state index contributed by atoms with van der Waals surface area (Å²) in [4.78, 5) is 0. The summed E-state index contributed by atoms with van der Waals surface area (Å²) in [5.74, 6) is 0. The maximum absolute atomic E-state index is 8.29. The molecule has 1 heterocycles. The summed E-state index contributed by atoms with van der Waals surface area (Å²) in [7, 11) is -0.00237. The zero-order valence-corrected chi connectivity index (χ0v) is 7.29. The van der Waals surface area contributed by atoms with Crippen LogP contribution in [-0.2, 0) is 9.31 Å². The molecule has 4 heteroatoms. The SMILES string of the molecule is N#CCCCCB1OCCCO1. The van der Waals surface area contributed by atoms with Crippen molar-refractivity contribution in [3.05, 3.63) is 0 Å². The number of hydrogen-bond donors (Lipinski definition) is 0. The fourth-order valence-electron chi connectivity index (χ4n) is 1.22. The second-order valence-corrected chi connectivity index (χ2v) is 2.93. The minimum Gasteiger partial charge on any atom is -0.411 e. The largest absolute Gasteiger partial charge is 0.456 e. The summed E-state index contributed by atoms with van der Waals surface area (Å²) in [6.07, 6.45) is 4.57. The molecule has 0 saturated carbocycles. The Morgan fingerprint density at radius 2 is 2.00 bits per heavy atom. The summed E-state index contributed by atoms with van der Waals surface area (Å²) in [5.41, 5.74) is 0. The van der Waals surface area contributed by atoms with Gasteiger partial charge in [0.1, 0.15) is 0 Å². The van der Waals surface area contributed by atoms with E-state index in [4.69, 9.17) is 14.6 Å². The lowest BCUT2D eigenvalue weighted by atomic mass is 9.81. The zero-order chi connectivity index (χ0) is 8.65. The molecule has 0 aromatic carbocycles. The van der Waals surface area contributed by atoms with Gasteiger partial charge in [0.05, 0.1) is 6.07 Å². The first-order valence-electron chi connectivity index (χ1n) is 4.53. The zero-order valence-electron chi connectivity index (χ0n) is 7.29. The first-order chi connectivity index (χ1) is 5.93. The highest BCUT2D eigenvalue weighted by molar-refractivity contribution is 6.44. The molecule has 1 aliphatic heterocycles. The first kappa shape index (κ1) is 9.56. The van der Waals surface area contributed by atoms with E-state index in [1.807, 2.05) is 0 Å². The molecule has 3 nitrogen and oxygen atoms in total. The van der Waals surface area contributed by atoms with E-state index in [-0.39, 0.29) is 7.12 Å². The van der Waals surface area contributed by atoms with Crippen LogP contribution in [-0.4, -0.2) is 20.3 Å². The molecular formula is C8H14BNO2. The molecular weight excluding hydrogens is 153 g/mol. The van der Waals surface area contributed by atoms with Crippen molar-refractivity contribution in [1.29, 1.82) is 5.26 Å². The summed E-state index contributed by atoms with van der Waals surface area (Å²) in [5, 5.41) is 8.29. The van der Waals surface area contributed by atoms with E-state index in [0.29, 0.717) is 6.42 Å². The van der Waals surface area contributed by atoms with Gasteiger partial charge in [0.2, 0.25) is 0 Å². The number of nitrogens with zero attached hydrogens (tertiary/aromatic N) is 1. The van der Waals surface area contributed by atoms with Gasteiger partial charge in [-0.3, -0.25) is 0 Å². The lowest BCUT2D eigenvalue weighted by molar-refractivity contribution is 0.133. The lowest BCUT2D eigenvalue weighted by Gasteiger charge is -2.19. The summed E-state index contributed by atoms with van der Waals surface area (Å²) >= 11 is 0. The van der Waals surface area contributed by atoms with Crippen molar-refractivity contribution in [2.24, 2.45) is 0 Å². The Bertz CT molecular complexity index is 152. The van der Waals surface area contributed by atoms with E-state index < -0.39 is 0 Å². The average molecular weight is 167 g/mol. The lowest BCUT2D eigenvalue weighted by Crippen LogP contribution is -2.29. The summed E-state index contributed by atoms with van der Waals surface area (Å²) in [6.45, 7) is 1.64. The monoisotopic (exact) mass is 167 g/mol. The molecule has 1 fully saturated rings. The first-order valence-corrected chi connectivity index (χ1v) is 4.53. The molecule has 0 atom stereocenters. The van der Waals surface area contributed by atoms with Crippen LogP contribution in [0.2, 0.25) is 6.32 Å². The van der Waals surface area contributed by atoms with Gasteiger partial charge in [-0.15, -0.1) is 0 Å². The van der Waals surface area contributed by atoms with E-state index in [2.05, 4.69) is 6.07 Å². The van der Waals surface area contributed by atoms with Crippen molar-refractivity contribution < 1.29 is 9.31 Å². The quantitative estimate of drug-likeness (QED) is 0.471. The average Bonchev–Trinajstić information content (AvgIpc) is 2.14. The van der Waals surface area contributed by atoms with Crippen molar-refractivity contribution >= 4 is 7.12 Å². The van der Waals surface area contributed by atoms with E-state index >= 15 is 0 Å². The third-order valence-corrected chi connectivity index (χ3v) is 1.87. The standard InChI is InChI=1S/C8H14BNO2/c10-6-3-1-2-5-9-11-7-4-8-12-9/h1-5,7-8H2. The van der Waals surface area contributed by atoms with Crippen LogP contribution in [0.15, 0.2) is 0 Å². The van der Waals surface area contributed by atoms with Crippen LogP contribution >= 0.6 is 0 Å². The maximum atomic E-state index is 8.29. The van der Waals surface area contributed by atoms with Crippen molar-refractivity contribution in [2.75, 3.05) is 13.2 Å². The Hall–Kier alpha value is -0.525. The fraction of sp³-hybridized carbons (Fsp3) is 0.875. The highest BCUT2D eigenvalue weighted by Crippen LogP contribution is 2.10. The van der Waals surface area contributed by atoms with Crippen molar-refractivity contribution in [2.45, 2.75) is 32.0 Å². The van der Waals surface area contributed by atoms with Gasteiger partial charge < -0.3 is 9.31 Å². The van der Waals surface area contributed by atoms with E-state index in [1.54, 1.807) is 0 Å². The van der Waals surface area contributed by atoms with Crippen LogP contribution in [0, 0.1) is 11.3 Å². The normalized spacial score (nSPS) is 17.4. The second kappa shape index (κ2) is 6.04. The molecule has 0 radical (unpaired) electrons. The summed E-state index contributed by atoms with van der Waals surface area (Å²) in [6, 6.07) is 2.12. The van der Waals surface area contributed by atoms with Gasteiger partial charge in [-0.25, -0.2) is 0 Å². The molecule has 66 valence electrons. The van der Waals surface area contributed by atoms with Crippen LogP contribution in [0.1, 0.15) is 25.7 Å². The van der Waals surface area contributed by atoms with E-state index in [1.165, 1.54) is 0 Å². The number of rotatable bonds is 4. The van der Waals surface area contributed by atoms with Crippen LogP contribution in [0.4, 0.5) is 0 Å². The smallest absolute Gasteiger partial charge is 0.411 e. The molecule has 0 aromatic heterocycles. The Morgan fingerprint density at radius 3 is 2.67 bits per heavy atom. The third-order valence-electron chi connectivity index (χ3n) is 1.87. The van der Waals surface area contributed by atoms with Gasteiger partial charge in [-0.05, 0) is 19.2 Å². The molecule has 1 saturated heterocycles. The molecule has 0 N–H and O–H groups in total. The number of nitriles is 1. The van der Waals surface area contributed by atoms with Crippen LogP contribution in [0.3, 0.4) is 0 Å². The molecule has 1 rings (SSSR count). The van der Waals surface area contributed by atoms with Crippen molar-refractivity contribution in [3.8, 4) is 6.07 Å². The molecule has 0 aliphatic carbocycles. The second-order valence-electron chi connectivity index (χ2n) is 2.93. The number of unbranched alkanes of at least 4 members (excludes halogenated alkanes) is 2. The van der Waals surface area contributed by atoms with Crippen molar-refractivity contribution in [1.82, 2.24) is 0 Å². The molecule has 0 aromatic rings. The van der Waals surface area contributed by atoms with Crippen LogP contribution in [0.5, 0.6) is 0 Å². The predicted molar refractivity (Wildman–Crippen MR) is 46.5 cm³/mol. The predicted octanol–water partition coefficient (Wildman–Crippen LogP) is 1.61. The Kier molecular flexibility index (Phi) is 4.82. The van der Waals surface area contributed by atoms with Gasteiger partial charge in [0.15, 0.2) is 0 Å². The minimum atomic E-state index is -0.00237. The topological polar surface area (TPSA) is 42.2 Å². The Balaban J connectivity index is 1.95. The van der Waals surface area contributed by atoms with E-state index in [9.17, 15) is 0 Å². The molecule has 1 aliphatic rings. The fourth-order valence-corrected chi connectivity index (χ4v) is 1.22.